The highest BCUT2D eigenvalue weighted by atomic mass is 19.4. The predicted octanol–water partition coefficient (Wildman–Crippen LogP) is 3.51. The van der Waals surface area contributed by atoms with Gasteiger partial charge in [-0.05, 0) is 30.5 Å². The van der Waals surface area contributed by atoms with Crippen molar-refractivity contribution < 1.29 is 27.4 Å². The van der Waals surface area contributed by atoms with Crippen LogP contribution in [0.4, 0.5) is 19.1 Å². The van der Waals surface area contributed by atoms with Gasteiger partial charge in [-0.25, -0.2) is 0 Å². The zero-order chi connectivity index (χ0) is 19.3. The minimum Gasteiger partial charge on any atom is -0.493 e. The monoisotopic (exact) mass is 372 g/mol. The normalized spacial score (nSPS) is 11.5. The highest BCUT2D eigenvalue weighted by Gasteiger charge is 2.35. The number of alkyl halides is 3. The quantitative estimate of drug-likeness (QED) is 0.776. The summed E-state index contributed by atoms with van der Waals surface area (Å²) in [5.41, 5.74) is 0.163. The van der Waals surface area contributed by atoms with Crippen molar-refractivity contribution in [1.82, 2.24) is 15.2 Å². The van der Waals surface area contributed by atoms with Crippen LogP contribution in [0.25, 0.3) is 0 Å². The number of nitrogens with zero attached hydrogens (tertiary/aromatic N) is 2. The summed E-state index contributed by atoms with van der Waals surface area (Å²) in [6.45, 7) is 4.64. The molecule has 2 aromatic rings. The maximum absolute atomic E-state index is 12.5. The minimum absolute atomic E-state index is 0.163. The van der Waals surface area contributed by atoms with Crippen LogP contribution in [-0.2, 0) is 6.18 Å². The number of carbonyl (C=O) groups is 1. The van der Waals surface area contributed by atoms with Crippen molar-refractivity contribution >= 4 is 11.9 Å². The number of aromatic amines is 1. The summed E-state index contributed by atoms with van der Waals surface area (Å²) in [4.78, 5) is 15.4. The van der Waals surface area contributed by atoms with E-state index in [1.54, 1.807) is 11.2 Å². The van der Waals surface area contributed by atoms with Crippen LogP contribution in [0.15, 0.2) is 18.2 Å². The topological polar surface area (TPSA) is 89.1 Å². The molecule has 0 radical (unpaired) electrons. The van der Waals surface area contributed by atoms with Crippen LogP contribution in [0.1, 0.15) is 36.5 Å². The second-order valence-electron chi connectivity index (χ2n) is 5.86. The van der Waals surface area contributed by atoms with E-state index in [2.05, 4.69) is 29.2 Å². The maximum atomic E-state index is 12.5. The molecule has 142 valence electrons. The number of aromatic nitrogens is 3. The largest absolute Gasteiger partial charge is 0.493 e. The molecule has 7 nitrogen and oxygen atoms in total. The number of hydrogen-bond acceptors (Lipinski definition) is 5. The fraction of sp³-hybridized carbons (Fsp3) is 0.438. The molecule has 0 saturated carbocycles. The van der Waals surface area contributed by atoms with E-state index in [-0.39, 0.29) is 5.56 Å². The molecule has 2 rings (SSSR count). The van der Waals surface area contributed by atoms with E-state index in [1.165, 1.54) is 19.2 Å². The third kappa shape index (κ3) is 5.11. The summed E-state index contributed by atoms with van der Waals surface area (Å²) in [5.74, 6) is -1.15. The molecule has 1 amide bonds. The van der Waals surface area contributed by atoms with Gasteiger partial charge >= 0.3 is 6.18 Å². The van der Waals surface area contributed by atoms with Gasteiger partial charge < -0.3 is 9.47 Å². The Morgan fingerprint density at radius 2 is 2.04 bits per heavy atom. The molecule has 0 aliphatic heterocycles. The van der Waals surface area contributed by atoms with Crippen molar-refractivity contribution in [1.29, 1.82) is 0 Å². The smallest absolute Gasteiger partial charge is 0.451 e. The summed E-state index contributed by atoms with van der Waals surface area (Å²) < 4.78 is 48.3. The van der Waals surface area contributed by atoms with Gasteiger partial charge in [0, 0.05) is 5.56 Å². The van der Waals surface area contributed by atoms with Gasteiger partial charge in [-0.2, -0.15) is 18.2 Å². The fourth-order valence-corrected chi connectivity index (χ4v) is 1.95. The number of halogens is 3. The van der Waals surface area contributed by atoms with Gasteiger partial charge in [-0.15, -0.1) is 5.10 Å². The number of benzene rings is 1. The fourth-order valence-electron chi connectivity index (χ4n) is 1.95. The molecular weight excluding hydrogens is 353 g/mol. The molecule has 0 atom stereocenters. The van der Waals surface area contributed by atoms with Crippen molar-refractivity contribution in [2.75, 3.05) is 19.0 Å². The van der Waals surface area contributed by atoms with Crippen LogP contribution in [0, 0.1) is 5.92 Å². The Kier molecular flexibility index (Phi) is 6.06. The standard InChI is InChI=1S/C16H19F3N4O3/c1-9(2)6-7-26-11-5-4-10(8-12(11)25-3)13(24)20-15-21-14(22-23-15)16(17,18)19/h4-5,8-9H,6-7H2,1-3H3,(H2,20,21,22,23,24). The first-order valence-corrected chi connectivity index (χ1v) is 7.82. The summed E-state index contributed by atoms with van der Waals surface area (Å²) in [5, 5.41) is 7.23. The lowest BCUT2D eigenvalue weighted by Gasteiger charge is -2.12. The van der Waals surface area contributed by atoms with Gasteiger partial charge in [-0.3, -0.25) is 15.2 Å². The molecule has 1 aromatic carbocycles. The lowest BCUT2D eigenvalue weighted by molar-refractivity contribution is -0.144. The SMILES string of the molecule is COc1cc(C(=O)Nc2n[nH]c(C(F)(F)F)n2)ccc1OCCC(C)C. The molecule has 0 unspecified atom stereocenters. The van der Waals surface area contributed by atoms with E-state index in [9.17, 15) is 18.0 Å². The average molecular weight is 372 g/mol. The van der Waals surface area contributed by atoms with Gasteiger partial charge in [-0.1, -0.05) is 13.8 Å². The maximum Gasteiger partial charge on any atom is 0.451 e. The molecule has 2 N–H and O–H groups in total. The van der Waals surface area contributed by atoms with Crippen molar-refractivity contribution in [2.45, 2.75) is 26.4 Å². The van der Waals surface area contributed by atoms with Crippen LogP contribution < -0.4 is 14.8 Å². The highest BCUT2D eigenvalue weighted by molar-refractivity contribution is 6.03. The molecule has 26 heavy (non-hydrogen) atoms. The zero-order valence-electron chi connectivity index (χ0n) is 14.5. The molecule has 0 fully saturated rings. The van der Waals surface area contributed by atoms with Crippen molar-refractivity contribution in [3.63, 3.8) is 0 Å². The molecule has 1 aromatic heterocycles. The van der Waals surface area contributed by atoms with Crippen LogP contribution in [-0.4, -0.2) is 34.8 Å². The predicted molar refractivity (Wildman–Crippen MR) is 87.3 cm³/mol. The lowest BCUT2D eigenvalue weighted by Crippen LogP contribution is -2.14. The molecule has 0 aliphatic carbocycles. The summed E-state index contributed by atoms with van der Waals surface area (Å²) >= 11 is 0. The molecule has 0 saturated heterocycles. The minimum atomic E-state index is -4.67. The van der Waals surface area contributed by atoms with E-state index < -0.39 is 23.9 Å². The number of amides is 1. The summed E-state index contributed by atoms with van der Waals surface area (Å²) in [7, 11) is 1.43. The number of carbonyl (C=O) groups excluding carboxylic acids is 1. The summed E-state index contributed by atoms with van der Waals surface area (Å²) in [6, 6.07) is 4.46. The molecule has 10 heteroatoms. The zero-order valence-corrected chi connectivity index (χ0v) is 14.5. The number of anilines is 1. The van der Waals surface area contributed by atoms with E-state index in [4.69, 9.17) is 9.47 Å². The van der Waals surface area contributed by atoms with Gasteiger partial charge in [0.15, 0.2) is 11.5 Å². The Balaban J connectivity index is 2.08. The van der Waals surface area contributed by atoms with Crippen molar-refractivity contribution in [2.24, 2.45) is 5.92 Å². The average Bonchev–Trinajstić information content (AvgIpc) is 3.03. The van der Waals surface area contributed by atoms with Gasteiger partial charge in [0.25, 0.3) is 5.91 Å². The molecule has 0 bridgehead atoms. The number of ether oxygens (including phenoxy) is 2. The lowest BCUT2D eigenvalue weighted by atomic mass is 10.1. The molecule has 0 aliphatic rings. The number of methoxy groups -OCH3 is 1. The third-order valence-corrected chi connectivity index (χ3v) is 3.36. The number of H-pyrrole nitrogens is 1. The van der Waals surface area contributed by atoms with Crippen LogP contribution in [0.2, 0.25) is 0 Å². The van der Waals surface area contributed by atoms with Crippen molar-refractivity contribution in [3.8, 4) is 11.5 Å². The first-order valence-electron chi connectivity index (χ1n) is 7.82. The Morgan fingerprint density at radius 3 is 2.62 bits per heavy atom. The van der Waals surface area contributed by atoms with Gasteiger partial charge in [0.1, 0.15) is 0 Å². The Bertz CT molecular complexity index is 759. The van der Waals surface area contributed by atoms with Crippen LogP contribution in [0.3, 0.4) is 0 Å². The summed E-state index contributed by atoms with van der Waals surface area (Å²) in [6.07, 6.45) is -3.81. The number of nitrogens with one attached hydrogen (secondary N) is 2. The second kappa shape index (κ2) is 8.07. The van der Waals surface area contributed by atoms with E-state index in [0.29, 0.717) is 24.0 Å². The van der Waals surface area contributed by atoms with Crippen LogP contribution >= 0.6 is 0 Å². The Hall–Kier alpha value is -2.78. The first kappa shape index (κ1) is 19.5. The Labute approximate surface area is 147 Å². The van der Waals surface area contributed by atoms with E-state index in [0.717, 1.165) is 6.42 Å². The third-order valence-electron chi connectivity index (χ3n) is 3.36. The van der Waals surface area contributed by atoms with Crippen molar-refractivity contribution in [3.05, 3.63) is 29.6 Å². The second-order valence-corrected chi connectivity index (χ2v) is 5.86. The van der Waals surface area contributed by atoms with Crippen LogP contribution in [0.5, 0.6) is 11.5 Å². The van der Waals surface area contributed by atoms with E-state index in [1.807, 2.05) is 0 Å². The highest BCUT2D eigenvalue weighted by Crippen LogP contribution is 2.29. The van der Waals surface area contributed by atoms with E-state index >= 15 is 0 Å². The molecule has 0 spiro atoms. The molecular formula is C16H19F3N4O3. The number of rotatable bonds is 7. The number of hydrogen-bond donors (Lipinski definition) is 2. The first-order chi connectivity index (χ1) is 12.2. The molecule has 1 heterocycles. The van der Waals surface area contributed by atoms with Gasteiger partial charge in [0.2, 0.25) is 11.8 Å². The Morgan fingerprint density at radius 1 is 1.31 bits per heavy atom. The van der Waals surface area contributed by atoms with Gasteiger partial charge in [0.05, 0.1) is 13.7 Å².